The highest BCUT2D eigenvalue weighted by Gasteiger charge is 2.21. The number of rotatable bonds is 7. The molecule has 0 aromatic rings. The lowest BCUT2D eigenvalue weighted by atomic mass is 10.2. The van der Waals surface area contributed by atoms with Gasteiger partial charge >= 0.3 is 6.03 Å². The van der Waals surface area contributed by atoms with Gasteiger partial charge in [-0.2, -0.15) is 0 Å². The number of aliphatic hydroxyl groups excluding tert-OH is 1. The Labute approximate surface area is 101 Å². The number of nitrogens with one attached hydrogen (secondary N) is 2. The second-order valence-corrected chi connectivity index (χ2v) is 3.50. The molecule has 0 spiro atoms. The van der Waals surface area contributed by atoms with Crippen LogP contribution in [-0.2, 0) is 9.53 Å². The Bertz CT molecular complexity index is 248. The first-order valence-electron chi connectivity index (χ1n) is 5.43. The summed E-state index contributed by atoms with van der Waals surface area (Å²) in [6, 6.07) is -1.05. The first-order chi connectivity index (χ1) is 8.06. The second kappa shape index (κ2) is 8.91. The van der Waals surface area contributed by atoms with Crippen molar-refractivity contribution in [2.24, 2.45) is 0 Å². The molecule has 0 saturated carbocycles. The van der Waals surface area contributed by atoms with E-state index in [0.29, 0.717) is 19.7 Å². The monoisotopic (exact) mass is 247 g/mol. The minimum atomic E-state index is -0.544. The summed E-state index contributed by atoms with van der Waals surface area (Å²) in [5, 5.41) is 13.4. The molecule has 100 valence electrons. The molecule has 0 rings (SSSR count). The Morgan fingerprint density at radius 1 is 1.41 bits per heavy atom. The molecule has 3 N–H and O–H groups in total. The van der Waals surface area contributed by atoms with Crippen LogP contribution in [0.1, 0.15) is 6.92 Å². The number of imide groups is 1. The van der Waals surface area contributed by atoms with E-state index in [-0.39, 0.29) is 6.61 Å². The zero-order valence-electron chi connectivity index (χ0n) is 10.5. The highest BCUT2D eigenvalue weighted by atomic mass is 16.5. The Morgan fingerprint density at radius 2 is 2.06 bits per heavy atom. The van der Waals surface area contributed by atoms with E-state index in [1.54, 1.807) is 18.9 Å². The van der Waals surface area contributed by atoms with E-state index in [1.165, 1.54) is 7.05 Å². The Balaban J connectivity index is 4.31. The van der Waals surface area contributed by atoms with E-state index in [9.17, 15) is 9.59 Å². The normalized spacial score (nSPS) is 12.3. The topological polar surface area (TPSA) is 90.9 Å². The van der Waals surface area contributed by atoms with Gasteiger partial charge in [-0.15, -0.1) is 0 Å². The number of aliphatic hydroxyl groups is 1. The number of amides is 3. The van der Waals surface area contributed by atoms with Gasteiger partial charge < -0.3 is 15.2 Å². The van der Waals surface area contributed by atoms with Gasteiger partial charge in [-0.25, -0.2) is 4.79 Å². The van der Waals surface area contributed by atoms with Crippen LogP contribution in [0.3, 0.4) is 0 Å². The van der Waals surface area contributed by atoms with Crippen LogP contribution in [0.4, 0.5) is 4.79 Å². The average Bonchev–Trinajstić information content (AvgIpc) is 2.33. The molecule has 0 heterocycles. The lowest BCUT2D eigenvalue weighted by molar-refractivity contribution is -0.125. The second-order valence-electron chi connectivity index (χ2n) is 3.50. The minimum absolute atomic E-state index is 0.0543. The maximum atomic E-state index is 11.7. The maximum absolute atomic E-state index is 11.7. The summed E-state index contributed by atoms with van der Waals surface area (Å²) < 4.78 is 4.92. The predicted molar refractivity (Wildman–Crippen MR) is 62.6 cm³/mol. The molecule has 0 aromatic carbocycles. The SMILES string of the molecule is CNC(=O)NC(=O)C(C)N(CCO)CCOC. The van der Waals surface area contributed by atoms with Crippen LogP contribution in [0, 0.1) is 0 Å². The predicted octanol–water partition coefficient (Wildman–Crippen LogP) is -1.23. The highest BCUT2D eigenvalue weighted by Crippen LogP contribution is 1.98. The van der Waals surface area contributed by atoms with Gasteiger partial charge in [-0.1, -0.05) is 0 Å². The molecule has 0 bridgehead atoms. The summed E-state index contributed by atoms with van der Waals surface area (Å²) in [7, 11) is 3.00. The van der Waals surface area contributed by atoms with E-state index in [4.69, 9.17) is 9.84 Å². The van der Waals surface area contributed by atoms with Crippen LogP contribution >= 0.6 is 0 Å². The van der Waals surface area contributed by atoms with Crippen molar-refractivity contribution in [1.82, 2.24) is 15.5 Å². The summed E-state index contributed by atoms with van der Waals surface area (Å²) in [4.78, 5) is 24.4. The molecular weight excluding hydrogens is 226 g/mol. The summed E-state index contributed by atoms with van der Waals surface area (Å²) in [5.41, 5.74) is 0. The lowest BCUT2D eigenvalue weighted by Crippen LogP contribution is -2.50. The van der Waals surface area contributed by atoms with Crippen LogP contribution in [0.5, 0.6) is 0 Å². The van der Waals surface area contributed by atoms with E-state index >= 15 is 0 Å². The molecule has 0 aromatic heterocycles. The third kappa shape index (κ3) is 6.20. The van der Waals surface area contributed by atoms with Gasteiger partial charge in [0.25, 0.3) is 0 Å². The van der Waals surface area contributed by atoms with Crippen LogP contribution < -0.4 is 10.6 Å². The minimum Gasteiger partial charge on any atom is -0.395 e. The molecule has 0 aliphatic heterocycles. The third-order valence-corrected chi connectivity index (χ3v) is 2.36. The van der Waals surface area contributed by atoms with Crippen molar-refractivity contribution >= 4 is 11.9 Å². The van der Waals surface area contributed by atoms with Crippen molar-refractivity contribution in [3.05, 3.63) is 0 Å². The number of carbonyl (C=O) groups excluding carboxylic acids is 2. The zero-order chi connectivity index (χ0) is 13.3. The van der Waals surface area contributed by atoms with Crippen molar-refractivity contribution < 1.29 is 19.4 Å². The average molecular weight is 247 g/mol. The molecule has 0 saturated heterocycles. The van der Waals surface area contributed by atoms with E-state index in [0.717, 1.165) is 0 Å². The van der Waals surface area contributed by atoms with E-state index in [2.05, 4.69) is 10.6 Å². The van der Waals surface area contributed by atoms with Crippen LogP contribution in [-0.4, -0.2) is 68.4 Å². The molecular formula is C10H21N3O4. The number of hydrogen-bond donors (Lipinski definition) is 3. The molecule has 3 amide bonds. The van der Waals surface area contributed by atoms with Crippen molar-refractivity contribution in [2.75, 3.05) is 40.5 Å². The number of ether oxygens (including phenoxy) is 1. The van der Waals surface area contributed by atoms with Crippen molar-refractivity contribution in [3.8, 4) is 0 Å². The van der Waals surface area contributed by atoms with Crippen molar-refractivity contribution in [1.29, 1.82) is 0 Å². The zero-order valence-corrected chi connectivity index (χ0v) is 10.5. The van der Waals surface area contributed by atoms with Crippen LogP contribution in [0.2, 0.25) is 0 Å². The first-order valence-corrected chi connectivity index (χ1v) is 5.43. The van der Waals surface area contributed by atoms with Gasteiger partial charge in [0, 0.05) is 27.2 Å². The fourth-order valence-corrected chi connectivity index (χ4v) is 1.28. The summed E-state index contributed by atoms with van der Waals surface area (Å²) in [6.07, 6.45) is 0. The van der Waals surface area contributed by atoms with Crippen LogP contribution in [0.15, 0.2) is 0 Å². The quantitative estimate of drug-likeness (QED) is 0.524. The van der Waals surface area contributed by atoms with Crippen molar-refractivity contribution in [3.63, 3.8) is 0 Å². The fraction of sp³-hybridized carbons (Fsp3) is 0.800. The molecule has 0 aliphatic carbocycles. The number of hydrogen-bond acceptors (Lipinski definition) is 5. The molecule has 0 radical (unpaired) electrons. The molecule has 0 fully saturated rings. The largest absolute Gasteiger partial charge is 0.395 e. The van der Waals surface area contributed by atoms with Gasteiger partial charge in [0.1, 0.15) is 0 Å². The number of urea groups is 1. The van der Waals surface area contributed by atoms with E-state index in [1.807, 2.05) is 0 Å². The maximum Gasteiger partial charge on any atom is 0.321 e. The number of methoxy groups -OCH3 is 1. The summed E-state index contributed by atoms with van der Waals surface area (Å²) in [6.45, 7) is 2.94. The number of carbonyl (C=O) groups is 2. The van der Waals surface area contributed by atoms with Gasteiger partial charge in [0.2, 0.25) is 5.91 Å². The summed E-state index contributed by atoms with van der Waals surface area (Å²) >= 11 is 0. The van der Waals surface area contributed by atoms with Gasteiger partial charge in [-0.3, -0.25) is 15.0 Å². The smallest absolute Gasteiger partial charge is 0.321 e. The molecule has 0 aliphatic rings. The van der Waals surface area contributed by atoms with Crippen molar-refractivity contribution in [2.45, 2.75) is 13.0 Å². The summed E-state index contributed by atoms with van der Waals surface area (Å²) in [5.74, 6) is -0.408. The lowest BCUT2D eigenvalue weighted by Gasteiger charge is -2.26. The standard InChI is InChI=1S/C10H21N3O4/c1-8(9(15)12-10(16)11-2)13(4-6-14)5-7-17-3/h8,14H,4-7H2,1-3H3,(H2,11,12,15,16). The molecule has 7 nitrogen and oxygen atoms in total. The molecule has 1 atom stereocenters. The van der Waals surface area contributed by atoms with Gasteiger partial charge in [-0.05, 0) is 6.92 Å². The van der Waals surface area contributed by atoms with E-state index < -0.39 is 18.0 Å². The Hall–Kier alpha value is -1.18. The van der Waals surface area contributed by atoms with Crippen LogP contribution in [0.25, 0.3) is 0 Å². The highest BCUT2D eigenvalue weighted by molar-refractivity contribution is 5.96. The fourth-order valence-electron chi connectivity index (χ4n) is 1.28. The third-order valence-electron chi connectivity index (χ3n) is 2.36. The Morgan fingerprint density at radius 3 is 2.53 bits per heavy atom. The Kier molecular flexibility index (Phi) is 8.29. The van der Waals surface area contributed by atoms with Gasteiger partial charge in [0.05, 0.1) is 19.3 Å². The number of nitrogens with zero attached hydrogens (tertiary/aromatic N) is 1. The van der Waals surface area contributed by atoms with Gasteiger partial charge in [0.15, 0.2) is 0 Å². The molecule has 1 unspecified atom stereocenters. The first kappa shape index (κ1) is 15.8. The molecule has 17 heavy (non-hydrogen) atoms. The molecule has 7 heteroatoms.